The second-order valence-corrected chi connectivity index (χ2v) is 5.98. The number of benzene rings is 1. The zero-order chi connectivity index (χ0) is 15.4. The number of rotatable bonds is 3. The van der Waals surface area contributed by atoms with Crippen LogP contribution in [0, 0.1) is 5.92 Å². The molecule has 0 saturated carbocycles. The number of halogens is 1. The van der Waals surface area contributed by atoms with Gasteiger partial charge in [-0.25, -0.2) is 4.79 Å². The topological polar surface area (TPSA) is 46.6 Å². The van der Waals surface area contributed by atoms with E-state index in [2.05, 4.69) is 0 Å². The van der Waals surface area contributed by atoms with Crippen molar-refractivity contribution in [2.45, 2.75) is 38.8 Å². The molecular formula is C16H20ClNO3. The maximum absolute atomic E-state index is 11.9. The van der Waals surface area contributed by atoms with Gasteiger partial charge in [0.05, 0.1) is 12.2 Å². The minimum Gasteiger partial charge on any atom is -0.462 e. The lowest BCUT2D eigenvalue weighted by atomic mass is 9.88. The Bertz CT molecular complexity index is 494. The Morgan fingerprint density at radius 1 is 1.19 bits per heavy atom. The number of piperidine rings is 1. The molecule has 0 bridgehead atoms. The summed E-state index contributed by atoms with van der Waals surface area (Å²) in [4.78, 5) is 25.0. The quantitative estimate of drug-likeness (QED) is 0.486. The SMILES string of the molecule is C[C@@H]1C[C@H](COC(=O)c2ccccc2)C[C@H](C)N1C(=O)Cl. The molecule has 1 fully saturated rings. The summed E-state index contributed by atoms with van der Waals surface area (Å²) < 4.78 is 5.38. The van der Waals surface area contributed by atoms with Crippen LogP contribution in [-0.4, -0.2) is 34.9 Å². The van der Waals surface area contributed by atoms with Gasteiger partial charge in [-0.1, -0.05) is 18.2 Å². The molecule has 114 valence electrons. The molecule has 2 rings (SSSR count). The fourth-order valence-corrected chi connectivity index (χ4v) is 3.39. The van der Waals surface area contributed by atoms with Crippen molar-refractivity contribution >= 4 is 22.9 Å². The Kier molecular flexibility index (Phi) is 5.23. The highest BCUT2D eigenvalue weighted by atomic mass is 35.5. The van der Waals surface area contributed by atoms with E-state index in [0.29, 0.717) is 12.2 Å². The van der Waals surface area contributed by atoms with Crippen molar-refractivity contribution in [2.75, 3.05) is 6.61 Å². The van der Waals surface area contributed by atoms with E-state index in [1.165, 1.54) is 0 Å². The molecule has 0 aliphatic carbocycles. The maximum Gasteiger partial charge on any atom is 0.338 e. The van der Waals surface area contributed by atoms with E-state index in [1.54, 1.807) is 17.0 Å². The van der Waals surface area contributed by atoms with Crippen molar-refractivity contribution in [3.8, 4) is 0 Å². The van der Waals surface area contributed by atoms with Crippen LogP contribution < -0.4 is 0 Å². The number of likely N-dealkylation sites (tertiary alicyclic amines) is 1. The summed E-state index contributed by atoms with van der Waals surface area (Å²) in [6.07, 6.45) is 1.59. The Morgan fingerprint density at radius 2 is 1.76 bits per heavy atom. The number of amides is 1. The Hall–Kier alpha value is -1.55. The van der Waals surface area contributed by atoms with Gasteiger partial charge in [0.2, 0.25) is 0 Å². The lowest BCUT2D eigenvalue weighted by molar-refractivity contribution is 0.0292. The highest BCUT2D eigenvalue weighted by molar-refractivity contribution is 6.62. The van der Waals surface area contributed by atoms with Crippen molar-refractivity contribution < 1.29 is 14.3 Å². The second kappa shape index (κ2) is 6.94. The van der Waals surface area contributed by atoms with Gasteiger partial charge in [0.15, 0.2) is 0 Å². The molecule has 1 aliphatic rings. The molecule has 21 heavy (non-hydrogen) atoms. The van der Waals surface area contributed by atoms with Gasteiger partial charge >= 0.3 is 11.3 Å². The van der Waals surface area contributed by atoms with Gasteiger partial charge in [0, 0.05) is 12.1 Å². The first kappa shape index (κ1) is 15.8. The first-order valence-electron chi connectivity index (χ1n) is 7.19. The van der Waals surface area contributed by atoms with Crippen LogP contribution in [0.15, 0.2) is 30.3 Å². The first-order chi connectivity index (χ1) is 9.99. The molecule has 0 N–H and O–H groups in total. The molecule has 0 unspecified atom stereocenters. The van der Waals surface area contributed by atoms with Crippen molar-refractivity contribution in [1.29, 1.82) is 0 Å². The standard InChI is InChI=1S/C16H20ClNO3/c1-11-8-13(9-12(2)18(11)16(17)20)10-21-15(19)14-6-4-3-5-7-14/h3-7,11-13H,8-10H2,1-2H3/t11-,12+,13+. The average molecular weight is 310 g/mol. The fraction of sp³-hybridized carbons (Fsp3) is 0.500. The number of carbonyl (C=O) groups excluding carboxylic acids is 2. The molecule has 1 aromatic rings. The molecule has 1 amide bonds. The van der Waals surface area contributed by atoms with Gasteiger partial charge in [-0.15, -0.1) is 0 Å². The number of esters is 1. The number of hydrogen-bond donors (Lipinski definition) is 0. The van der Waals surface area contributed by atoms with E-state index in [4.69, 9.17) is 16.3 Å². The molecule has 0 spiro atoms. The highest BCUT2D eigenvalue weighted by Crippen LogP contribution is 2.29. The third-order valence-electron chi connectivity index (χ3n) is 3.96. The Morgan fingerprint density at radius 3 is 2.29 bits per heavy atom. The molecule has 1 saturated heterocycles. The zero-order valence-electron chi connectivity index (χ0n) is 12.3. The molecule has 0 aromatic heterocycles. The second-order valence-electron chi connectivity index (χ2n) is 5.66. The molecule has 1 aliphatic heterocycles. The summed E-state index contributed by atoms with van der Waals surface area (Å²) in [5, 5.41) is -0.408. The van der Waals surface area contributed by atoms with Crippen LogP contribution >= 0.6 is 11.6 Å². The Labute approximate surface area is 130 Å². The maximum atomic E-state index is 11.9. The molecule has 1 heterocycles. The fourth-order valence-electron chi connectivity index (χ4n) is 3.06. The van der Waals surface area contributed by atoms with Crippen LogP contribution in [-0.2, 0) is 4.74 Å². The number of carbonyl (C=O) groups is 2. The van der Waals surface area contributed by atoms with E-state index in [0.717, 1.165) is 12.8 Å². The minimum absolute atomic E-state index is 0.0687. The molecule has 1 aromatic carbocycles. The van der Waals surface area contributed by atoms with E-state index in [1.807, 2.05) is 32.0 Å². The van der Waals surface area contributed by atoms with Crippen molar-refractivity contribution in [3.63, 3.8) is 0 Å². The summed E-state index contributed by atoms with van der Waals surface area (Å²) in [5.41, 5.74) is 0.562. The van der Waals surface area contributed by atoms with Gasteiger partial charge in [-0.2, -0.15) is 0 Å². The lowest BCUT2D eigenvalue weighted by Crippen LogP contribution is -2.48. The predicted octanol–water partition coefficient (Wildman–Crippen LogP) is 3.69. The third kappa shape index (κ3) is 3.97. The summed E-state index contributed by atoms with van der Waals surface area (Å²) in [6.45, 7) is 4.33. The van der Waals surface area contributed by atoms with Gasteiger partial charge < -0.3 is 9.64 Å². The summed E-state index contributed by atoms with van der Waals surface area (Å²) in [7, 11) is 0. The summed E-state index contributed by atoms with van der Waals surface area (Å²) in [5.74, 6) is -0.0401. The highest BCUT2D eigenvalue weighted by Gasteiger charge is 2.33. The summed E-state index contributed by atoms with van der Waals surface area (Å²) >= 11 is 5.60. The van der Waals surface area contributed by atoms with E-state index in [9.17, 15) is 9.59 Å². The molecule has 4 nitrogen and oxygen atoms in total. The van der Waals surface area contributed by atoms with Crippen LogP contribution in [0.25, 0.3) is 0 Å². The first-order valence-corrected chi connectivity index (χ1v) is 7.56. The molecule has 3 atom stereocenters. The van der Waals surface area contributed by atoms with Crippen molar-refractivity contribution in [3.05, 3.63) is 35.9 Å². The van der Waals surface area contributed by atoms with Crippen LogP contribution in [0.3, 0.4) is 0 Å². The zero-order valence-corrected chi connectivity index (χ0v) is 13.0. The normalized spacial score (nSPS) is 25.5. The lowest BCUT2D eigenvalue weighted by Gasteiger charge is -2.41. The molecule has 5 heteroatoms. The number of hydrogen-bond acceptors (Lipinski definition) is 3. The minimum atomic E-state index is -0.408. The largest absolute Gasteiger partial charge is 0.462 e. The monoisotopic (exact) mass is 309 g/mol. The van der Waals surface area contributed by atoms with Crippen LogP contribution in [0.2, 0.25) is 0 Å². The van der Waals surface area contributed by atoms with E-state index in [-0.39, 0.29) is 24.0 Å². The predicted molar refractivity (Wildman–Crippen MR) is 81.5 cm³/mol. The van der Waals surface area contributed by atoms with Gasteiger partial charge in [0.25, 0.3) is 0 Å². The molecule has 0 radical (unpaired) electrons. The number of ether oxygens (including phenoxy) is 1. The smallest absolute Gasteiger partial charge is 0.338 e. The average Bonchev–Trinajstić information content (AvgIpc) is 2.44. The van der Waals surface area contributed by atoms with Gasteiger partial charge in [0.1, 0.15) is 0 Å². The van der Waals surface area contributed by atoms with E-state index < -0.39 is 5.37 Å². The summed E-state index contributed by atoms with van der Waals surface area (Å²) in [6, 6.07) is 9.10. The van der Waals surface area contributed by atoms with Crippen LogP contribution in [0.4, 0.5) is 4.79 Å². The van der Waals surface area contributed by atoms with Gasteiger partial charge in [-0.3, -0.25) is 4.79 Å². The third-order valence-corrected chi connectivity index (χ3v) is 4.16. The number of nitrogens with zero attached hydrogens (tertiary/aromatic N) is 1. The Balaban J connectivity index is 1.88. The van der Waals surface area contributed by atoms with Crippen LogP contribution in [0.5, 0.6) is 0 Å². The van der Waals surface area contributed by atoms with Crippen molar-refractivity contribution in [2.24, 2.45) is 5.92 Å². The van der Waals surface area contributed by atoms with Crippen molar-refractivity contribution in [1.82, 2.24) is 4.90 Å². The molecular weight excluding hydrogens is 290 g/mol. The van der Waals surface area contributed by atoms with Gasteiger partial charge in [-0.05, 0) is 56.3 Å². The van der Waals surface area contributed by atoms with E-state index >= 15 is 0 Å². The van der Waals surface area contributed by atoms with Crippen LogP contribution in [0.1, 0.15) is 37.0 Å².